The molecular weight excluding hydrogens is 427 g/mol. The molecule has 5 nitrogen and oxygen atoms in total. The van der Waals surface area contributed by atoms with Gasteiger partial charge in [0.05, 0.1) is 22.1 Å². The SMILES string of the molecule is O=C(O)C1C2C=CC(C2)C1C(=O)Nc1nc2ccc(I)cc2s1. The highest BCUT2D eigenvalue weighted by Crippen LogP contribution is 2.48. The Kier molecular flexibility index (Phi) is 3.64. The first kappa shape index (κ1) is 15.1. The topological polar surface area (TPSA) is 79.3 Å². The van der Waals surface area contributed by atoms with E-state index in [4.69, 9.17) is 0 Å². The molecular formula is C16H13IN2O3S. The van der Waals surface area contributed by atoms with Gasteiger partial charge < -0.3 is 10.4 Å². The van der Waals surface area contributed by atoms with Crippen molar-refractivity contribution in [2.45, 2.75) is 6.42 Å². The molecule has 0 radical (unpaired) electrons. The van der Waals surface area contributed by atoms with Crippen molar-refractivity contribution in [1.29, 1.82) is 0 Å². The van der Waals surface area contributed by atoms with Crippen LogP contribution in [-0.4, -0.2) is 22.0 Å². The largest absolute Gasteiger partial charge is 0.481 e. The maximum Gasteiger partial charge on any atom is 0.307 e. The van der Waals surface area contributed by atoms with E-state index in [1.54, 1.807) is 0 Å². The number of rotatable bonds is 3. The van der Waals surface area contributed by atoms with Crippen LogP contribution in [0.15, 0.2) is 30.4 Å². The van der Waals surface area contributed by atoms with Gasteiger partial charge in [0.1, 0.15) is 0 Å². The third kappa shape index (κ3) is 2.55. The summed E-state index contributed by atoms with van der Waals surface area (Å²) < 4.78 is 2.12. The first-order valence-electron chi connectivity index (χ1n) is 7.31. The third-order valence-electron chi connectivity index (χ3n) is 4.63. The minimum atomic E-state index is -0.888. The van der Waals surface area contributed by atoms with Gasteiger partial charge in [-0.15, -0.1) is 0 Å². The Balaban J connectivity index is 1.59. The van der Waals surface area contributed by atoms with Crippen molar-refractivity contribution in [3.8, 4) is 0 Å². The maximum atomic E-state index is 12.6. The molecule has 1 aromatic heterocycles. The van der Waals surface area contributed by atoms with Crippen LogP contribution in [-0.2, 0) is 9.59 Å². The number of nitrogens with zero attached hydrogens (tertiary/aromatic N) is 1. The number of anilines is 1. The summed E-state index contributed by atoms with van der Waals surface area (Å²) in [5.41, 5.74) is 0.841. The Morgan fingerprint density at radius 2 is 2.00 bits per heavy atom. The molecule has 2 aliphatic rings. The van der Waals surface area contributed by atoms with E-state index in [0.29, 0.717) is 5.13 Å². The van der Waals surface area contributed by atoms with Crippen LogP contribution in [0.1, 0.15) is 6.42 Å². The number of carboxylic acids is 1. The molecule has 2 bridgehead atoms. The third-order valence-corrected chi connectivity index (χ3v) is 6.23. The van der Waals surface area contributed by atoms with Crippen molar-refractivity contribution in [2.75, 3.05) is 5.32 Å². The van der Waals surface area contributed by atoms with Crippen molar-refractivity contribution in [3.05, 3.63) is 33.9 Å². The Labute approximate surface area is 149 Å². The quantitative estimate of drug-likeness (QED) is 0.567. The van der Waals surface area contributed by atoms with E-state index in [9.17, 15) is 14.7 Å². The zero-order valence-corrected chi connectivity index (χ0v) is 14.9. The van der Waals surface area contributed by atoms with Gasteiger partial charge in [-0.1, -0.05) is 23.5 Å². The molecule has 118 valence electrons. The van der Waals surface area contributed by atoms with Gasteiger partial charge in [0.15, 0.2) is 5.13 Å². The molecule has 0 aliphatic heterocycles. The number of amides is 1. The highest BCUT2D eigenvalue weighted by Gasteiger charge is 2.51. The van der Waals surface area contributed by atoms with Crippen LogP contribution in [0.3, 0.4) is 0 Å². The Bertz CT molecular complexity index is 847. The number of hydrogen-bond acceptors (Lipinski definition) is 4. The smallest absolute Gasteiger partial charge is 0.307 e. The molecule has 0 spiro atoms. The zero-order valence-electron chi connectivity index (χ0n) is 11.9. The molecule has 4 rings (SSSR count). The second-order valence-electron chi connectivity index (χ2n) is 5.96. The summed E-state index contributed by atoms with van der Waals surface area (Å²) in [5.74, 6) is -2.25. The number of hydrogen-bond donors (Lipinski definition) is 2. The van der Waals surface area contributed by atoms with Crippen molar-refractivity contribution in [3.63, 3.8) is 0 Å². The van der Waals surface area contributed by atoms with E-state index in [0.717, 1.165) is 20.2 Å². The van der Waals surface area contributed by atoms with Crippen LogP contribution in [0.25, 0.3) is 10.2 Å². The lowest BCUT2D eigenvalue weighted by atomic mass is 9.82. The number of carbonyl (C=O) groups is 2. The molecule has 1 saturated carbocycles. The molecule has 1 amide bonds. The monoisotopic (exact) mass is 440 g/mol. The molecule has 7 heteroatoms. The summed E-state index contributed by atoms with van der Waals surface area (Å²) in [6, 6.07) is 5.91. The van der Waals surface area contributed by atoms with E-state index in [-0.39, 0.29) is 17.7 Å². The molecule has 4 atom stereocenters. The molecule has 23 heavy (non-hydrogen) atoms. The van der Waals surface area contributed by atoms with Gasteiger partial charge in [0.2, 0.25) is 5.91 Å². The Hall–Kier alpha value is -1.48. The highest BCUT2D eigenvalue weighted by molar-refractivity contribution is 14.1. The minimum absolute atomic E-state index is 0.0230. The van der Waals surface area contributed by atoms with Crippen LogP contribution in [0, 0.1) is 27.2 Å². The molecule has 2 aromatic rings. The van der Waals surface area contributed by atoms with Gasteiger partial charge in [0.25, 0.3) is 0 Å². The summed E-state index contributed by atoms with van der Waals surface area (Å²) in [7, 11) is 0. The van der Waals surface area contributed by atoms with Gasteiger partial charge in [-0.25, -0.2) is 4.98 Å². The number of fused-ring (bicyclic) bond motifs is 3. The van der Waals surface area contributed by atoms with Gasteiger partial charge in [-0.2, -0.15) is 0 Å². The number of halogens is 1. The van der Waals surface area contributed by atoms with Crippen LogP contribution in [0.2, 0.25) is 0 Å². The van der Waals surface area contributed by atoms with Crippen LogP contribution in [0.4, 0.5) is 5.13 Å². The number of benzene rings is 1. The number of thiazole rings is 1. The minimum Gasteiger partial charge on any atom is -0.481 e. The zero-order chi connectivity index (χ0) is 16.1. The fraction of sp³-hybridized carbons (Fsp3) is 0.312. The lowest BCUT2D eigenvalue weighted by Gasteiger charge is -2.23. The van der Waals surface area contributed by atoms with Gasteiger partial charge in [-0.05, 0) is 59.0 Å². The summed E-state index contributed by atoms with van der Waals surface area (Å²) in [4.78, 5) is 28.5. The van der Waals surface area contributed by atoms with E-state index < -0.39 is 17.8 Å². The van der Waals surface area contributed by atoms with Gasteiger partial charge in [0, 0.05) is 3.57 Å². The average Bonchev–Trinajstić information content (AvgIpc) is 3.18. The summed E-state index contributed by atoms with van der Waals surface area (Å²) in [6.45, 7) is 0. The first-order chi connectivity index (χ1) is 11.0. The second-order valence-corrected chi connectivity index (χ2v) is 8.23. The average molecular weight is 440 g/mol. The summed E-state index contributed by atoms with van der Waals surface area (Å²) in [6.07, 6.45) is 4.68. The molecule has 2 N–H and O–H groups in total. The van der Waals surface area contributed by atoms with Crippen molar-refractivity contribution < 1.29 is 14.7 Å². The number of allylic oxidation sites excluding steroid dienone is 2. The number of carboxylic acid groups (broad SMARTS) is 1. The normalized spacial score (nSPS) is 28.4. The first-order valence-corrected chi connectivity index (χ1v) is 9.20. The lowest BCUT2D eigenvalue weighted by molar-refractivity contribution is -0.146. The second kappa shape index (κ2) is 5.55. The summed E-state index contributed by atoms with van der Waals surface area (Å²) in [5, 5.41) is 12.8. The fourth-order valence-corrected chi connectivity index (χ4v) is 5.27. The number of carbonyl (C=O) groups excluding carboxylic acids is 1. The number of nitrogens with one attached hydrogen (secondary N) is 1. The predicted molar refractivity (Wildman–Crippen MR) is 96.3 cm³/mol. The molecule has 1 heterocycles. The van der Waals surface area contributed by atoms with E-state index in [1.807, 2.05) is 30.4 Å². The highest BCUT2D eigenvalue weighted by atomic mass is 127. The molecule has 2 aliphatic carbocycles. The fourth-order valence-electron chi connectivity index (χ4n) is 3.66. The lowest BCUT2D eigenvalue weighted by Crippen LogP contribution is -2.36. The van der Waals surface area contributed by atoms with Crippen LogP contribution < -0.4 is 5.32 Å². The van der Waals surface area contributed by atoms with E-state index in [2.05, 4.69) is 32.9 Å². The van der Waals surface area contributed by atoms with Crippen molar-refractivity contribution >= 4 is 61.2 Å². The van der Waals surface area contributed by atoms with Crippen molar-refractivity contribution in [1.82, 2.24) is 4.98 Å². The van der Waals surface area contributed by atoms with Crippen LogP contribution >= 0.6 is 33.9 Å². The predicted octanol–water partition coefficient (Wildman–Crippen LogP) is 3.36. The van der Waals surface area contributed by atoms with Crippen molar-refractivity contribution in [2.24, 2.45) is 23.7 Å². The number of aromatic nitrogens is 1. The van der Waals surface area contributed by atoms with Crippen LogP contribution in [0.5, 0.6) is 0 Å². The van der Waals surface area contributed by atoms with Gasteiger partial charge in [-0.3, -0.25) is 9.59 Å². The molecule has 0 saturated heterocycles. The summed E-state index contributed by atoms with van der Waals surface area (Å²) >= 11 is 3.65. The molecule has 1 aromatic carbocycles. The standard InChI is InChI=1S/C16H13IN2O3S/c17-9-3-4-10-11(6-9)23-16(18-10)19-14(20)12-7-1-2-8(5-7)13(12)15(21)22/h1-4,6-8,12-13H,5H2,(H,21,22)(H,18,19,20). The Morgan fingerprint density at radius 3 is 2.74 bits per heavy atom. The maximum absolute atomic E-state index is 12.6. The van der Waals surface area contributed by atoms with Gasteiger partial charge >= 0.3 is 5.97 Å². The van der Waals surface area contributed by atoms with E-state index in [1.165, 1.54) is 11.3 Å². The van der Waals surface area contributed by atoms with E-state index >= 15 is 0 Å². The Morgan fingerprint density at radius 1 is 1.26 bits per heavy atom. The molecule has 4 unspecified atom stereocenters. The number of aliphatic carboxylic acids is 1. The molecule has 1 fully saturated rings.